The lowest BCUT2D eigenvalue weighted by Gasteiger charge is -2.11. The summed E-state index contributed by atoms with van der Waals surface area (Å²) in [4.78, 5) is 0.139. The Morgan fingerprint density at radius 3 is 2.72 bits per heavy atom. The number of furan rings is 1. The van der Waals surface area contributed by atoms with Gasteiger partial charge in [-0.25, -0.2) is 8.42 Å². The Labute approximate surface area is 106 Å². The van der Waals surface area contributed by atoms with E-state index >= 15 is 0 Å². The molecule has 0 unspecified atom stereocenters. The van der Waals surface area contributed by atoms with E-state index in [4.69, 9.17) is 10.2 Å². The van der Waals surface area contributed by atoms with Gasteiger partial charge >= 0.3 is 0 Å². The molecule has 0 aliphatic heterocycles. The van der Waals surface area contributed by atoms with Crippen molar-refractivity contribution in [1.82, 2.24) is 0 Å². The SMILES string of the molecule is CS(=O)(=O)c1cccc(NCc2ccoc2)c1N. The predicted molar refractivity (Wildman–Crippen MR) is 70.0 cm³/mol. The Bertz CT molecular complexity index is 633. The number of nitrogen functional groups attached to an aromatic ring is 1. The molecular formula is C12H14N2O3S. The minimum atomic E-state index is -3.31. The van der Waals surface area contributed by atoms with E-state index in [0.717, 1.165) is 11.8 Å². The predicted octanol–water partition coefficient (Wildman–Crippen LogP) is 1.88. The van der Waals surface area contributed by atoms with Crippen molar-refractivity contribution < 1.29 is 12.8 Å². The molecule has 2 aromatic rings. The first kappa shape index (κ1) is 12.5. The summed E-state index contributed by atoms with van der Waals surface area (Å²) < 4.78 is 28.0. The normalized spacial score (nSPS) is 11.4. The van der Waals surface area contributed by atoms with E-state index in [0.29, 0.717) is 12.2 Å². The Balaban J connectivity index is 2.24. The molecule has 6 heteroatoms. The number of anilines is 2. The van der Waals surface area contributed by atoms with E-state index in [9.17, 15) is 8.42 Å². The van der Waals surface area contributed by atoms with Crippen molar-refractivity contribution in [2.45, 2.75) is 11.4 Å². The Morgan fingerprint density at radius 2 is 2.11 bits per heavy atom. The minimum absolute atomic E-state index is 0.139. The number of nitrogens with one attached hydrogen (secondary N) is 1. The fourth-order valence-electron chi connectivity index (χ4n) is 1.61. The molecule has 0 radical (unpaired) electrons. The van der Waals surface area contributed by atoms with Gasteiger partial charge in [0.15, 0.2) is 9.84 Å². The van der Waals surface area contributed by atoms with E-state index in [1.807, 2.05) is 6.07 Å². The zero-order chi connectivity index (χ0) is 13.2. The summed E-state index contributed by atoms with van der Waals surface area (Å²) in [6.07, 6.45) is 4.33. The smallest absolute Gasteiger partial charge is 0.177 e. The molecule has 0 aliphatic carbocycles. The summed E-state index contributed by atoms with van der Waals surface area (Å²) in [5.41, 5.74) is 7.64. The molecule has 5 nitrogen and oxygen atoms in total. The summed E-state index contributed by atoms with van der Waals surface area (Å²) in [7, 11) is -3.31. The zero-order valence-corrected chi connectivity index (χ0v) is 10.7. The van der Waals surface area contributed by atoms with Crippen molar-refractivity contribution in [2.24, 2.45) is 0 Å². The van der Waals surface area contributed by atoms with Crippen molar-refractivity contribution in [3.8, 4) is 0 Å². The van der Waals surface area contributed by atoms with Gasteiger partial charge in [-0.3, -0.25) is 0 Å². The van der Waals surface area contributed by atoms with Gasteiger partial charge in [-0.05, 0) is 18.2 Å². The van der Waals surface area contributed by atoms with E-state index < -0.39 is 9.84 Å². The van der Waals surface area contributed by atoms with E-state index in [1.54, 1.807) is 24.7 Å². The van der Waals surface area contributed by atoms with Crippen LogP contribution in [0.15, 0.2) is 46.1 Å². The molecule has 1 aromatic carbocycles. The molecule has 0 atom stereocenters. The number of sulfone groups is 1. The van der Waals surface area contributed by atoms with Crippen molar-refractivity contribution in [2.75, 3.05) is 17.3 Å². The summed E-state index contributed by atoms with van der Waals surface area (Å²) in [6.45, 7) is 0.522. The summed E-state index contributed by atoms with van der Waals surface area (Å²) in [5.74, 6) is 0. The molecule has 0 saturated carbocycles. The number of para-hydroxylation sites is 1. The van der Waals surface area contributed by atoms with Crippen LogP contribution in [0.5, 0.6) is 0 Å². The lowest BCUT2D eigenvalue weighted by atomic mass is 10.2. The van der Waals surface area contributed by atoms with Crippen molar-refractivity contribution >= 4 is 21.2 Å². The fraction of sp³-hybridized carbons (Fsp3) is 0.167. The van der Waals surface area contributed by atoms with Crippen molar-refractivity contribution in [1.29, 1.82) is 0 Å². The summed E-state index contributed by atoms with van der Waals surface area (Å²) in [6, 6.07) is 6.71. The molecule has 0 aliphatic rings. The van der Waals surface area contributed by atoms with Gasteiger partial charge in [0.2, 0.25) is 0 Å². The molecule has 3 N–H and O–H groups in total. The van der Waals surface area contributed by atoms with Gasteiger partial charge in [0.25, 0.3) is 0 Å². The first-order chi connectivity index (χ1) is 8.48. The Morgan fingerprint density at radius 1 is 1.33 bits per heavy atom. The number of hydrogen-bond acceptors (Lipinski definition) is 5. The lowest BCUT2D eigenvalue weighted by Crippen LogP contribution is -2.07. The third kappa shape index (κ3) is 2.65. The van der Waals surface area contributed by atoms with Crippen LogP contribution < -0.4 is 11.1 Å². The van der Waals surface area contributed by atoms with Crippen LogP contribution in [0.25, 0.3) is 0 Å². The molecule has 0 bridgehead atoms. The molecule has 0 fully saturated rings. The highest BCUT2D eigenvalue weighted by atomic mass is 32.2. The molecule has 0 saturated heterocycles. The van der Waals surface area contributed by atoms with E-state index in [-0.39, 0.29) is 10.6 Å². The van der Waals surface area contributed by atoms with Gasteiger partial charge in [-0.1, -0.05) is 6.07 Å². The molecule has 0 amide bonds. The highest BCUT2D eigenvalue weighted by Crippen LogP contribution is 2.26. The van der Waals surface area contributed by atoms with Crippen LogP contribution in [0.1, 0.15) is 5.56 Å². The highest BCUT2D eigenvalue weighted by Gasteiger charge is 2.13. The highest BCUT2D eigenvalue weighted by molar-refractivity contribution is 7.90. The maximum absolute atomic E-state index is 11.5. The van der Waals surface area contributed by atoms with Gasteiger partial charge in [0, 0.05) is 18.4 Å². The third-order valence-corrected chi connectivity index (χ3v) is 3.68. The van der Waals surface area contributed by atoms with Crippen LogP contribution >= 0.6 is 0 Å². The molecule has 2 rings (SSSR count). The monoisotopic (exact) mass is 266 g/mol. The second-order valence-corrected chi connectivity index (χ2v) is 5.96. The van der Waals surface area contributed by atoms with Gasteiger partial charge in [-0.2, -0.15) is 0 Å². The zero-order valence-electron chi connectivity index (χ0n) is 9.88. The van der Waals surface area contributed by atoms with Gasteiger partial charge in [-0.15, -0.1) is 0 Å². The largest absolute Gasteiger partial charge is 0.472 e. The molecular weight excluding hydrogens is 252 g/mol. The van der Waals surface area contributed by atoms with Crippen molar-refractivity contribution in [3.05, 3.63) is 42.4 Å². The third-order valence-electron chi connectivity index (χ3n) is 2.53. The molecule has 1 aromatic heterocycles. The average Bonchev–Trinajstić information content (AvgIpc) is 2.79. The van der Waals surface area contributed by atoms with Gasteiger partial charge in [0.1, 0.15) is 0 Å². The average molecular weight is 266 g/mol. The first-order valence-electron chi connectivity index (χ1n) is 5.32. The van der Waals surface area contributed by atoms with Gasteiger partial charge < -0.3 is 15.5 Å². The maximum Gasteiger partial charge on any atom is 0.177 e. The Kier molecular flexibility index (Phi) is 3.29. The van der Waals surface area contributed by atoms with Crippen LogP contribution in [-0.2, 0) is 16.4 Å². The fourth-order valence-corrected chi connectivity index (χ4v) is 2.45. The summed E-state index contributed by atoms with van der Waals surface area (Å²) >= 11 is 0. The van der Waals surface area contributed by atoms with E-state index in [1.165, 1.54) is 6.07 Å². The van der Waals surface area contributed by atoms with Crippen LogP contribution in [0.4, 0.5) is 11.4 Å². The molecule has 18 heavy (non-hydrogen) atoms. The molecule has 1 heterocycles. The second kappa shape index (κ2) is 4.73. The molecule has 96 valence electrons. The topological polar surface area (TPSA) is 85.3 Å². The van der Waals surface area contributed by atoms with Gasteiger partial charge in [0.05, 0.1) is 28.8 Å². The quantitative estimate of drug-likeness (QED) is 0.825. The second-order valence-electron chi connectivity index (χ2n) is 3.97. The van der Waals surface area contributed by atoms with E-state index in [2.05, 4.69) is 5.32 Å². The number of benzene rings is 1. The first-order valence-corrected chi connectivity index (χ1v) is 7.21. The van der Waals surface area contributed by atoms with Crippen molar-refractivity contribution in [3.63, 3.8) is 0 Å². The molecule has 0 spiro atoms. The number of nitrogens with two attached hydrogens (primary N) is 1. The van der Waals surface area contributed by atoms with Crippen LogP contribution in [0, 0.1) is 0 Å². The lowest BCUT2D eigenvalue weighted by molar-refractivity contribution is 0.564. The minimum Gasteiger partial charge on any atom is -0.472 e. The van der Waals surface area contributed by atoms with Crippen LogP contribution in [-0.4, -0.2) is 14.7 Å². The number of hydrogen-bond donors (Lipinski definition) is 2. The number of rotatable bonds is 4. The van der Waals surface area contributed by atoms with Crippen LogP contribution in [0.2, 0.25) is 0 Å². The standard InChI is InChI=1S/C12H14N2O3S/c1-18(15,16)11-4-2-3-10(12(11)13)14-7-9-5-6-17-8-9/h2-6,8,14H,7,13H2,1H3. The Hall–Kier alpha value is -1.95. The van der Waals surface area contributed by atoms with Crippen LogP contribution in [0.3, 0.4) is 0 Å². The summed E-state index contributed by atoms with van der Waals surface area (Å²) in [5, 5.41) is 3.08. The maximum atomic E-state index is 11.5.